The van der Waals surface area contributed by atoms with Gasteiger partial charge in [0.1, 0.15) is 0 Å². The van der Waals surface area contributed by atoms with E-state index < -0.39 is 49.5 Å². The van der Waals surface area contributed by atoms with Crippen molar-refractivity contribution in [2.45, 2.75) is 27.3 Å². The normalized spacial score (nSPS) is 11.1. The van der Waals surface area contributed by atoms with Gasteiger partial charge in [0.05, 0.1) is 15.9 Å². The third-order valence-electron chi connectivity index (χ3n) is 2.96. The molecular formula is C11H15N5O8. The largest absolute Gasteiger partial charge is 0.305 e. The average Bonchev–Trinajstić information content (AvgIpc) is 2.42. The summed E-state index contributed by atoms with van der Waals surface area (Å²) in [6.07, 6.45) is 0. The molecule has 1 rings (SSSR count). The van der Waals surface area contributed by atoms with E-state index in [0.29, 0.717) is 6.07 Å². The van der Waals surface area contributed by atoms with E-state index in [4.69, 9.17) is 0 Å². The number of hydrazine groups is 1. The van der Waals surface area contributed by atoms with Crippen LogP contribution in [0.1, 0.15) is 19.9 Å². The number of nitro groups is 4. The highest BCUT2D eigenvalue weighted by atomic mass is 16.7. The number of benzene rings is 1. The first kappa shape index (κ1) is 20.6. The lowest BCUT2D eigenvalue weighted by atomic mass is 10.1. The second-order valence-corrected chi connectivity index (χ2v) is 4.60. The Hall–Kier alpha value is -3.38. The Bertz CT molecular complexity index is 691. The lowest BCUT2D eigenvalue weighted by Crippen LogP contribution is -2.39. The minimum atomic E-state index is -1.38. The predicted octanol–water partition coefficient (Wildman–Crippen LogP) is 2.11. The third kappa shape index (κ3) is 4.31. The standard InChI is InChI=1S/C10H11N5O8.CH4/c1-6-3-9(10(14(20)21)4-8(6)13(18)19)11(15(22)23)5-7(2)12(16)17;/h3-4,7H,5H2,1-2H3;1H4. The first-order chi connectivity index (χ1) is 10.6. The van der Waals surface area contributed by atoms with Crippen LogP contribution in [0, 0.1) is 47.4 Å². The van der Waals surface area contributed by atoms with Crippen molar-refractivity contribution in [3.8, 4) is 0 Å². The molecule has 0 aliphatic carbocycles. The number of nitrogens with zero attached hydrogens (tertiary/aromatic N) is 5. The molecular weight excluding hydrogens is 330 g/mol. The van der Waals surface area contributed by atoms with Crippen molar-refractivity contribution < 1.29 is 19.8 Å². The number of aryl methyl sites for hydroxylation is 1. The summed E-state index contributed by atoms with van der Waals surface area (Å²) in [6, 6.07) is 0.111. The summed E-state index contributed by atoms with van der Waals surface area (Å²) in [4.78, 5) is 41.0. The monoisotopic (exact) mass is 345 g/mol. The predicted molar refractivity (Wildman–Crippen MR) is 82.0 cm³/mol. The van der Waals surface area contributed by atoms with Crippen LogP contribution in [0.25, 0.3) is 0 Å². The maximum Gasteiger partial charge on any atom is 0.305 e. The SMILES string of the molecule is C.Cc1cc(N(CC(C)[N+](=O)[O-])[N+](=O)[O-])c([N+](=O)[O-])cc1[N+](=O)[O-]. The number of hydrogen-bond donors (Lipinski definition) is 0. The zero-order chi connectivity index (χ0) is 17.9. The molecule has 1 aromatic carbocycles. The van der Waals surface area contributed by atoms with Crippen LogP contribution in [0.4, 0.5) is 17.1 Å². The highest BCUT2D eigenvalue weighted by Crippen LogP contribution is 2.35. The summed E-state index contributed by atoms with van der Waals surface area (Å²) < 4.78 is 0. The third-order valence-corrected chi connectivity index (χ3v) is 2.96. The number of anilines is 1. The summed E-state index contributed by atoms with van der Waals surface area (Å²) in [7, 11) is 0. The topological polar surface area (TPSA) is 176 Å². The van der Waals surface area contributed by atoms with Gasteiger partial charge in [0.2, 0.25) is 6.04 Å². The minimum Gasteiger partial charge on any atom is -0.264 e. The zero-order valence-corrected chi connectivity index (χ0v) is 11.9. The van der Waals surface area contributed by atoms with Crippen molar-refractivity contribution in [2.24, 2.45) is 0 Å². The molecule has 1 unspecified atom stereocenters. The van der Waals surface area contributed by atoms with Gasteiger partial charge in [0.25, 0.3) is 5.69 Å². The maximum absolute atomic E-state index is 11.1. The fourth-order valence-electron chi connectivity index (χ4n) is 1.79. The van der Waals surface area contributed by atoms with E-state index in [1.807, 2.05) is 0 Å². The maximum atomic E-state index is 11.1. The zero-order valence-electron chi connectivity index (χ0n) is 11.9. The van der Waals surface area contributed by atoms with Crippen LogP contribution < -0.4 is 5.01 Å². The van der Waals surface area contributed by atoms with Crippen molar-refractivity contribution in [2.75, 3.05) is 11.6 Å². The molecule has 132 valence electrons. The van der Waals surface area contributed by atoms with Gasteiger partial charge < -0.3 is 0 Å². The molecule has 13 heteroatoms. The lowest BCUT2D eigenvalue weighted by Gasteiger charge is -2.15. The number of hydrogen-bond acceptors (Lipinski definition) is 8. The fourth-order valence-corrected chi connectivity index (χ4v) is 1.79. The van der Waals surface area contributed by atoms with Crippen LogP contribution in [0.2, 0.25) is 0 Å². The van der Waals surface area contributed by atoms with E-state index in [9.17, 15) is 40.5 Å². The van der Waals surface area contributed by atoms with E-state index in [1.54, 1.807) is 0 Å². The molecule has 0 saturated carbocycles. The Balaban J connectivity index is 0.00000529. The van der Waals surface area contributed by atoms with Gasteiger partial charge in [0.15, 0.2) is 17.3 Å². The van der Waals surface area contributed by atoms with Gasteiger partial charge >= 0.3 is 5.69 Å². The summed E-state index contributed by atoms with van der Waals surface area (Å²) in [5.41, 5.74) is -2.06. The Morgan fingerprint density at radius 2 is 1.50 bits per heavy atom. The molecule has 0 aliphatic rings. The van der Waals surface area contributed by atoms with E-state index in [0.717, 1.165) is 13.0 Å². The van der Waals surface area contributed by atoms with Crippen LogP contribution >= 0.6 is 0 Å². The van der Waals surface area contributed by atoms with Gasteiger partial charge in [-0.25, -0.2) is 10.1 Å². The molecule has 0 N–H and O–H groups in total. The van der Waals surface area contributed by atoms with Gasteiger partial charge in [-0.3, -0.25) is 30.3 Å². The molecule has 1 atom stereocenters. The first-order valence-corrected chi connectivity index (χ1v) is 6.05. The summed E-state index contributed by atoms with van der Waals surface area (Å²) in [5, 5.41) is 42.8. The van der Waals surface area contributed by atoms with Crippen molar-refractivity contribution in [3.63, 3.8) is 0 Å². The smallest absolute Gasteiger partial charge is 0.264 e. The van der Waals surface area contributed by atoms with E-state index in [2.05, 4.69) is 0 Å². The van der Waals surface area contributed by atoms with Crippen LogP contribution in [0.15, 0.2) is 12.1 Å². The van der Waals surface area contributed by atoms with Crippen molar-refractivity contribution >= 4 is 17.1 Å². The summed E-state index contributed by atoms with van der Waals surface area (Å²) >= 11 is 0. The Kier molecular flexibility index (Phi) is 6.66. The first-order valence-electron chi connectivity index (χ1n) is 6.05. The molecule has 0 aliphatic heterocycles. The fraction of sp³-hybridized carbons (Fsp3) is 0.455. The molecule has 0 saturated heterocycles. The van der Waals surface area contributed by atoms with Crippen molar-refractivity contribution in [3.05, 3.63) is 58.2 Å². The van der Waals surface area contributed by atoms with E-state index in [1.165, 1.54) is 6.92 Å². The molecule has 0 spiro atoms. The van der Waals surface area contributed by atoms with E-state index >= 15 is 0 Å². The number of nitro benzene ring substituents is 2. The minimum absolute atomic E-state index is 0. The average molecular weight is 345 g/mol. The molecule has 13 nitrogen and oxygen atoms in total. The molecule has 1 aromatic rings. The van der Waals surface area contributed by atoms with Gasteiger partial charge in [-0.2, -0.15) is 0 Å². The Labute approximate surface area is 135 Å². The summed E-state index contributed by atoms with van der Waals surface area (Å²) in [6.45, 7) is 1.61. The van der Waals surface area contributed by atoms with Crippen LogP contribution in [0.3, 0.4) is 0 Å². The second kappa shape index (κ2) is 7.75. The highest BCUT2D eigenvalue weighted by molar-refractivity contribution is 5.68. The van der Waals surface area contributed by atoms with Gasteiger partial charge in [-0.15, -0.1) is 0 Å². The van der Waals surface area contributed by atoms with Crippen LogP contribution in [-0.4, -0.2) is 32.4 Å². The highest BCUT2D eigenvalue weighted by Gasteiger charge is 2.34. The van der Waals surface area contributed by atoms with E-state index in [-0.39, 0.29) is 18.0 Å². The van der Waals surface area contributed by atoms with Gasteiger partial charge in [-0.05, 0) is 13.0 Å². The van der Waals surface area contributed by atoms with Crippen LogP contribution in [0.5, 0.6) is 0 Å². The molecule has 0 fully saturated rings. The van der Waals surface area contributed by atoms with Crippen LogP contribution in [-0.2, 0) is 0 Å². The molecule has 0 amide bonds. The molecule has 0 aromatic heterocycles. The lowest BCUT2D eigenvalue weighted by molar-refractivity contribution is -0.538. The molecule has 24 heavy (non-hydrogen) atoms. The quantitative estimate of drug-likeness (QED) is 0.528. The molecule has 0 heterocycles. The van der Waals surface area contributed by atoms with Gasteiger partial charge in [-0.1, -0.05) is 12.4 Å². The van der Waals surface area contributed by atoms with Crippen molar-refractivity contribution in [1.82, 2.24) is 0 Å². The molecule has 0 radical (unpaired) electrons. The molecule has 0 bridgehead atoms. The Morgan fingerprint density at radius 3 is 1.88 bits per heavy atom. The Morgan fingerprint density at radius 1 is 1.00 bits per heavy atom. The summed E-state index contributed by atoms with van der Waals surface area (Å²) in [5.74, 6) is 0. The number of rotatable bonds is 7. The van der Waals surface area contributed by atoms with Crippen molar-refractivity contribution in [1.29, 1.82) is 0 Å². The second-order valence-electron chi connectivity index (χ2n) is 4.60. The van der Waals surface area contributed by atoms with Gasteiger partial charge in [0, 0.05) is 17.4 Å².